The molecule has 2 N–H and O–H groups in total. The van der Waals surface area contributed by atoms with Crippen molar-refractivity contribution in [3.05, 3.63) is 47.3 Å². The minimum absolute atomic E-state index is 0.824. The number of nitrogens with zero attached hydrogens (tertiary/aromatic N) is 3. The highest BCUT2D eigenvalue weighted by Crippen LogP contribution is 2.25. The third-order valence-corrected chi connectivity index (χ3v) is 4.31. The van der Waals surface area contributed by atoms with Crippen LogP contribution in [0.2, 0.25) is 0 Å². The van der Waals surface area contributed by atoms with Gasteiger partial charge in [0.1, 0.15) is 5.01 Å². The summed E-state index contributed by atoms with van der Waals surface area (Å²) in [5, 5.41) is 20.8. The van der Waals surface area contributed by atoms with E-state index in [1.54, 1.807) is 11.3 Å². The maximum Gasteiger partial charge on any atom is 0.206 e. The fraction of sp³-hybridized carbons (Fsp3) is 0.267. The molecule has 0 aliphatic carbocycles. The van der Waals surface area contributed by atoms with Gasteiger partial charge < -0.3 is 5.32 Å². The third kappa shape index (κ3) is 3.11. The number of rotatable bonds is 5. The first-order valence-electron chi connectivity index (χ1n) is 6.87. The zero-order valence-electron chi connectivity index (χ0n) is 12.1. The molecule has 1 aromatic carbocycles. The Hall–Kier alpha value is -2.21. The minimum Gasteiger partial charge on any atom is -0.360 e. The number of aromatic amines is 1. The summed E-state index contributed by atoms with van der Waals surface area (Å²) in [5.74, 6) is 0. The molecule has 3 rings (SSSR count). The van der Waals surface area contributed by atoms with Crippen molar-refractivity contribution < 1.29 is 0 Å². The summed E-state index contributed by atoms with van der Waals surface area (Å²) in [7, 11) is 0. The Kier molecular flexibility index (Phi) is 3.96. The number of aromatic nitrogens is 4. The molecular weight excluding hydrogens is 282 g/mol. The van der Waals surface area contributed by atoms with Crippen LogP contribution in [0.25, 0.3) is 10.6 Å². The van der Waals surface area contributed by atoms with Crippen molar-refractivity contribution in [1.29, 1.82) is 0 Å². The number of H-pyrrole nitrogens is 1. The summed E-state index contributed by atoms with van der Waals surface area (Å²) in [5.41, 5.74) is 4.58. The lowest BCUT2D eigenvalue weighted by Gasteiger charge is -2.02. The van der Waals surface area contributed by atoms with E-state index in [1.165, 1.54) is 5.56 Å². The molecule has 0 saturated heterocycles. The van der Waals surface area contributed by atoms with Crippen LogP contribution in [0.5, 0.6) is 0 Å². The first-order chi connectivity index (χ1) is 10.2. The van der Waals surface area contributed by atoms with E-state index in [2.05, 4.69) is 25.7 Å². The van der Waals surface area contributed by atoms with E-state index in [4.69, 9.17) is 0 Å². The smallest absolute Gasteiger partial charge is 0.206 e. The summed E-state index contributed by atoms with van der Waals surface area (Å²) >= 11 is 1.57. The first-order valence-corrected chi connectivity index (χ1v) is 7.69. The highest BCUT2D eigenvalue weighted by atomic mass is 32.1. The Balaban J connectivity index is 1.61. The number of benzene rings is 1. The van der Waals surface area contributed by atoms with Crippen LogP contribution >= 0.6 is 11.3 Å². The lowest BCUT2D eigenvalue weighted by molar-refractivity contribution is 0.976. The molecule has 3 aromatic rings. The summed E-state index contributed by atoms with van der Waals surface area (Å²) in [6.07, 6.45) is 0.925. The lowest BCUT2D eigenvalue weighted by Crippen LogP contribution is -2.05. The fourth-order valence-corrected chi connectivity index (χ4v) is 3.00. The van der Waals surface area contributed by atoms with E-state index >= 15 is 0 Å². The van der Waals surface area contributed by atoms with Gasteiger partial charge in [-0.3, -0.25) is 5.10 Å². The van der Waals surface area contributed by atoms with Gasteiger partial charge in [-0.1, -0.05) is 41.7 Å². The van der Waals surface area contributed by atoms with Crippen molar-refractivity contribution in [3.8, 4) is 10.6 Å². The van der Waals surface area contributed by atoms with E-state index in [-0.39, 0.29) is 0 Å². The second-order valence-electron chi connectivity index (χ2n) is 4.87. The second kappa shape index (κ2) is 6.05. The van der Waals surface area contributed by atoms with Crippen molar-refractivity contribution in [2.45, 2.75) is 20.3 Å². The summed E-state index contributed by atoms with van der Waals surface area (Å²) < 4.78 is 0. The van der Waals surface area contributed by atoms with Crippen molar-refractivity contribution >= 4 is 16.5 Å². The van der Waals surface area contributed by atoms with E-state index in [0.29, 0.717) is 0 Å². The van der Waals surface area contributed by atoms with Crippen LogP contribution in [-0.4, -0.2) is 26.9 Å². The van der Waals surface area contributed by atoms with Gasteiger partial charge in [-0.05, 0) is 25.8 Å². The summed E-state index contributed by atoms with van der Waals surface area (Å²) in [6.45, 7) is 4.90. The van der Waals surface area contributed by atoms with Gasteiger partial charge in [-0.15, -0.1) is 10.2 Å². The molecule has 0 atom stereocenters. The van der Waals surface area contributed by atoms with E-state index in [1.807, 2.05) is 44.2 Å². The molecule has 0 saturated carbocycles. The first kappa shape index (κ1) is 13.8. The zero-order chi connectivity index (χ0) is 14.7. The Labute approximate surface area is 127 Å². The van der Waals surface area contributed by atoms with Crippen LogP contribution in [0.4, 0.5) is 5.13 Å². The summed E-state index contributed by atoms with van der Waals surface area (Å²) in [6, 6.07) is 10.1. The van der Waals surface area contributed by atoms with Gasteiger partial charge >= 0.3 is 0 Å². The van der Waals surface area contributed by atoms with Gasteiger partial charge in [-0.25, -0.2) is 0 Å². The van der Waals surface area contributed by atoms with Gasteiger partial charge in [0, 0.05) is 17.8 Å². The molecule has 0 spiro atoms. The molecule has 108 valence electrons. The van der Waals surface area contributed by atoms with Crippen LogP contribution in [0.15, 0.2) is 30.3 Å². The molecule has 0 fully saturated rings. The summed E-state index contributed by atoms with van der Waals surface area (Å²) in [4.78, 5) is 0. The van der Waals surface area contributed by atoms with Crippen LogP contribution < -0.4 is 5.32 Å². The lowest BCUT2D eigenvalue weighted by atomic mass is 10.1. The van der Waals surface area contributed by atoms with Crippen LogP contribution in [-0.2, 0) is 6.42 Å². The molecule has 0 radical (unpaired) electrons. The van der Waals surface area contributed by atoms with Gasteiger partial charge in [0.2, 0.25) is 5.13 Å². The molecule has 0 aliphatic heterocycles. The molecule has 0 amide bonds. The Morgan fingerprint density at radius 1 is 1.14 bits per heavy atom. The number of hydrogen-bond acceptors (Lipinski definition) is 5. The average molecular weight is 299 g/mol. The fourth-order valence-electron chi connectivity index (χ4n) is 2.23. The molecule has 0 unspecified atom stereocenters. The predicted octanol–water partition coefficient (Wildman–Crippen LogP) is 3.20. The SMILES string of the molecule is Cc1n[nH]c(C)c1CCNc1nnc(-c2ccccc2)s1. The van der Waals surface area contributed by atoms with Crippen molar-refractivity contribution in [1.82, 2.24) is 20.4 Å². The number of anilines is 1. The average Bonchev–Trinajstić information content (AvgIpc) is 3.10. The minimum atomic E-state index is 0.824. The molecular formula is C15H17N5S. The van der Waals surface area contributed by atoms with Crippen molar-refractivity contribution in [3.63, 3.8) is 0 Å². The molecule has 21 heavy (non-hydrogen) atoms. The Morgan fingerprint density at radius 2 is 1.95 bits per heavy atom. The molecule has 2 heterocycles. The van der Waals surface area contributed by atoms with E-state index in [0.717, 1.165) is 40.1 Å². The van der Waals surface area contributed by atoms with Crippen molar-refractivity contribution in [2.24, 2.45) is 0 Å². The van der Waals surface area contributed by atoms with Gasteiger partial charge in [-0.2, -0.15) is 5.10 Å². The predicted molar refractivity (Wildman–Crippen MR) is 85.6 cm³/mol. The standard InChI is InChI=1S/C15H17N5S/c1-10-13(11(2)18-17-10)8-9-16-15-20-19-14(21-15)12-6-4-3-5-7-12/h3-7H,8-9H2,1-2H3,(H,16,20)(H,17,18). The maximum absolute atomic E-state index is 4.22. The Bertz CT molecular complexity index is 697. The highest BCUT2D eigenvalue weighted by molar-refractivity contribution is 7.18. The van der Waals surface area contributed by atoms with Crippen LogP contribution in [0.3, 0.4) is 0 Å². The molecule has 2 aromatic heterocycles. The van der Waals surface area contributed by atoms with E-state index in [9.17, 15) is 0 Å². The number of aryl methyl sites for hydroxylation is 2. The topological polar surface area (TPSA) is 66.5 Å². The normalized spacial score (nSPS) is 10.8. The number of nitrogens with one attached hydrogen (secondary N) is 2. The number of hydrogen-bond donors (Lipinski definition) is 2. The van der Waals surface area contributed by atoms with Gasteiger partial charge in [0.15, 0.2) is 0 Å². The van der Waals surface area contributed by atoms with Crippen LogP contribution in [0, 0.1) is 13.8 Å². The molecule has 0 bridgehead atoms. The van der Waals surface area contributed by atoms with Gasteiger partial charge in [0.25, 0.3) is 0 Å². The van der Waals surface area contributed by atoms with Crippen molar-refractivity contribution in [2.75, 3.05) is 11.9 Å². The third-order valence-electron chi connectivity index (χ3n) is 3.38. The largest absolute Gasteiger partial charge is 0.360 e. The monoisotopic (exact) mass is 299 g/mol. The molecule has 5 nitrogen and oxygen atoms in total. The zero-order valence-corrected chi connectivity index (χ0v) is 12.9. The maximum atomic E-state index is 4.22. The van der Waals surface area contributed by atoms with Crippen LogP contribution in [0.1, 0.15) is 17.0 Å². The van der Waals surface area contributed by atoms with E-state index < -0.39 is 0 Å². The molecule has 6 heteroatoms. The Morgan fingerprint density at radius 3 is 2.67 bits per heavy atom. The highest BCUT2D eigenvalue weighted by Gasteiger charge is 2.08. The quantitative estimate of drug-likeness (QED) is 0.759. The molecule has 0 aliphatic rings. The van der Waals surface area contributed by atoms with Gasteiger partial charge in [0.05, 0.1) is 5.69 Å². The second-order valence-corrected chi connectivity index (χ2v) is 5.85.